The maximum absolute atomic E-state index is 15.0. The average molecular weight is 889 g/mol. The molecule has 7 atom stereocenters. The summed E-state index contributed by atoms with van der Waals surface area (Å²) in [4.78, 5) is 43.5. The third-order valence-electron chi connectivity index (χ3n) is 14.0. The van der Waals surface area contributed by atoms with Gasteiger partial charge in [-0.15, -0.1) is 0 Å². The zero-order chi connectivity index (χ0) is 46.0. The van der Waals surface area contributed by atoms with Gasteiger partial charge in [0.05, 0.1) is 25.2 Å². The number of benzene rings is 4. The number of aryl methyl sites for hydroxylation is 1. The molecule has 3 aliphatic heterocycles. The number of ether oxygens (including phenoxy) is 4. The van der Waals surface area contributed by atoms with Crippen molar-refractivity contribution in [1.29, 1.82) is 0 Å². The van der Waals surface area contributed by atoms with Crippen LogP contribution in [-0.2, 0) is 43.1 Å². The largest absolute Gasteiger partial charge is 0.482 e. The summed E-state index contributed by atoms with van der Waals surface area (Å²) in [6.45, 7) is 3.17. The molecule has 1 aromatic heterocycles. The molecule has 10 heteroatoms. The van der Waals surface area contributed by atoms with Crippen molar-refractivity contribution in [3.8, 4) is 17.6 Å². The number of esters is 2. The van der Waals surface area contributed by atoms with Crippen LogP contribution in [0.4, 0.5) is 0 Å². The summed E-state index contributed by atoms with van der Waals surface area (Å²) in [5, 5.41) is 20.7. The minimum atomic E-state index is -1.34. The number of hydrogen-bond donors (Lipinski definition) is 2. The highest BCUT2D eigenvalue weighted by molar-refractivity contribution is 5.90. The van der Waals surface area contributed by atoms with Gasteiger partial charge in [-0.1, -0.05) is 96.8 Å². The van der Waals surface area contributed by atoms with E-state index in [4.69, 9.17) is 23.4 Å². The van der Waals surface area contributed by atoms with Crippen LogP contribution >= 0.6 is 0 Å². The van der Waals surface area contributed by atoms with Crippen LogP contribution in [-0.4, -0.2) is 60.8 Å². The number of hydrogen-bond acceptors (Lipinski definition) is 10. The van der Waals surface area contributed by atoms with Crippen LogP contribution in [0.1, 0.15) is 114 Å². The Morgan fingerprint density at radius 1 is 0.909 bits per heavy atom. The highest BCUT2D eigenvalue weighted by atomic mass is 16.6. The van der Waals surface area contributed by atoms with E-state index in [1.54, 1.807) is 32.0 Å². The summed E-state index contributed by atoms with van der Waals surface area (Å²) in [5.41, 5.74) is 6.30. The molecule has 4 aromatic carbocycles. The zero-order valence-corrected chi connectivity index (χ0v) is 37.7. The van der Waals surface area contributed by atoms with Gasteiger partial charge in [0.2, 0.25) is 0 Å². The maximum Gasteiger partial charge on any atom is 0.339 e. The highest BCUT2D eigenvalue weighted by Crippen LogP contribution is 2.50. The molecule has 7 unspecified atom stereocenters. The van der Waals surface area contributed by atoms with Crippen molar-refractivity contribution >= 4 is 22.9 Å². The lowest BCUT2D eigenvalue weighted by Crippen LogP contribution is -2.54. The normalized spacial score (nSPS) is 24.9. The van der Waals surface area contributed by atoms with Gasteiger partial charge < -0.3 is 33.6 Å². The molecule has 1 aliphatic carbocycles. The van der Waals surface area contributed by atoms with E-state index in [1.165, 1.54) is 23.8 Å². The second-order valence-electron chi connectivity index (χ2n) is 18.5. The number of rotatable bonds is 9. The Morgan fingerprint density at radius 3 is 2.55 bits per heavy atom. The predicted molar refractivity (Wildman–Crippen MR) is 250 cm³/mol. The van der Waals surface area contributed by atoms with Crippen molar-refractivity contribution in [2.45, 2.75) is 101 Å². The van der Waals surface area contributed by atoms with Crippen LogP contribution in [0, 0.1) is 17.8 Å². The Kier molecular flexibility index (Phi) is 13.1. The molecule has 0 spiro atoms. The first kappa shape index (κ1) is 44.9. The SMILES string of the molecule is COCC(CCO)c1cc2ccc3c(c2oc1=O)C1OC(=O)CC2CC(c4cccc(Cc5ccccc5)c4)C=CC2c2ccc4cc2CC#CCC(C)(O3)C1OC(=O)C(=C(C)CO)CC4. The summed E-state index contributed by atoms with van der Waals surface area (Å²) < 4.78 is 31.6. The Labute approximate surface area is 385 Å². The summed E-state index contributed by atoms with van der Waals surface area (Å²) in [5.74, 6) is 5.18. The van der Waals surface area contributed by atoms with Crippen LogP contribution < -0.4 is 10.4 Å². The predicted octanol–water partition coefficient (Wildman–Crippen LogP) is 8.88. The Balaban J connectivity index is 1.19. The molecule has 66 heavy (non-hydrogen) atoms. The summed E-state index contributed by atoms with van der Waals surface area (Å²) in [6.07, 6.45) is 5.13. The Hall–Kier alpha value is -6.25. The van der Waals surface area contributed by atoms with Crippen molar-refractivity contribution in [2.75, 3.05) is 26.9 Å². The lowest BCUT2D eigenvalue weighted by atomic mass is 9.71. The Bertz CT molecular complexity index is 2820. The van der Waals surface area contributed by atoms with Gasteiger partial charge in [0, 0.05) is 60.8 Å². The van der Waals surface area contributed by atoms with Gasteiger partial charge in [-0.05, 0) is 109 Å². The second kappa shape index (κ2) is 19.3. The van der Waals surface area contributed by atoms with Crippen molar-refractivity contribution < 1.29 is 43.2 Å². The number of methoxy groups -OCH3 is 1. The van der Waals surface area contributed by atoms with E-state index in [0.29, 0.717) is 47.1 Å². The lowest BCUT2D eigenvalue weighted by Gasteiger charge is -2.45. The lowest BCUT2D eigenvalue weighted by molar-refractivity contribution is -0.190. The van der Waals surface area contributed by atoms with Gasteiger partial charge in [0.1, 0.15) is 11.3 Å². The third-order valence-corrected chi connectivity index (χ3v) is 14.0. The number of aliphatic hydroxyl groups excluding tert-OH is 2. The highest BCUT2D eigenvalue weighted by Gasteiger charge is 2.53. The van der Waals surface area contributed by atoms with Gasteiger partial charge in [-0.25, -0.2) is 9.59 Å². The summed E-state index contributed by atoms with van der Waals surface area (Å²) in [7, 11) is 1.53. The molecule has 0 radical (unpaired) electrons. The Morgan fingerprint density at radius 2 is 1.74 bits per heavy atom. The fourth-order valence-corrected chi connectivity index (χ4v) is 10.4. The van der Waals surface area contributed by atoms with Crippen LogP contribution in [0.25, 0.3) is 11.0 Å². The van der Waals surface area contributed by atoms with Gasteiger partial charge in [-0.2, -0.15) is 0 Å². The first-order valence-electron chi connectivity index (χ1n) is 23.0. The maximum atomic E-state index is 15.0. The molecule has 4 aliphatic rings. The van der Waals surface area contributed by atoms with Crippen molar-refractivity contribution in [2.24, 2.45) is 5.92 Å². The molecule has 0 saturated carbocycles. The van der Waals surface area contributed by atoms with E-state index in [0.717, 1.165) is 23.1 Å². The fraction of sp³-hybridized carbons (Fsp3) is 0.375. The van der Waals surface area contributed by atoms with Crippen LogP contribution in [0.5, 0.6) is 5.75 Å². The van der Waals surface area contributed by atoms with Crippen LogP contribution in [0.3, 0.4) is 0 Å². The number of carbonyl (C=O) groups is 2. The molecule has 4 heterocycles. The molecule has 340 valence electrons. The van der Waals surface area contributed by atoms with Crippen LogP contribution in [0.2, 0.25) is 0 Å². The van der Waals surface area contributed by atoms with Gasteiger partial charge in [0.25, 0.3) is 0 Å². The molecular formula is C56H56O10. The zero-order valence-electron chi connectivity index (χ0n) is 37.7. The van der Waals surface area contributed by atoms with E-state index in [2.05, 4.69) is 90.7 Å². The van der Waals surface area contributed by atoms with E-state index >= 15 is 0 Å². The summed E-state index contributed by atoms with van der Waals surface area (Å²) in [6, 6.07) is 30.7. The monoisotopic (exact) mass is 888 g/mol. The van der Waals surface area contributed by atoms with Gasteiger partial charge >= 0.3 is 17.6 Å². The second-order valence-corrected chi connectivity index (χ2v) is 18.5. The molecular weight excluding hydrogens is 833 g/mol. The molecule has 0 fully saturated rings. The molecule has 5 bridgehead atoms. The molecule has 2 N–H and O–H groups in total. The van der Waals surface area contributed by atoms with Gasteiger partial charge in [-0.3, -0.25) is 4.79 Å². The topological polar surface area (TPSA) is 142 Å². The first-order chi connectivity index (χ1) is 32.0. The van der Waals surface area contributed by atoms with E-state index < -0.39 is 41.3 Å². The van der Waals surface area contributed by atoms with E-state index in [1.807, 2.05) is 6.07 Å². The van der Waals surface area contributed by atoms with Crippen LogP contribution in [0.15, 0.2) is 124 Å². The first-order valence-corrected chi connectivity index (χ1v) is 23.0. The number of fused-ring (bicyclic) bond motifs is 9. The molecule has 9 rings (SSSR count). The number of aliphatic hydroxyl groups is 2. The van der Waals surface area contributed by atoms with E-state index in [9.17, 15) is 24.6 Å². The van der Waals surface area contributed by atoms with E-state index in [-0.39, 0.29) is 74.4 Å². The molecule has 0 saturated heterocycles. The number of allylic oxidation sites excluding steroid dienone is 2. The number of carbonyl (C=O) groups excluding carboxylic acids is 2. The minimum Gasteiger partial charge on any atom is -0.482 e. The standard InChI is InChI=1S/C56H56O10/c1-34(32-58)44-19-15-36-16-20-45-40(27-36)13-7-8-24-56(2)53(65-54(44)60)52(50-48(66-56)22-18-41-30-47(55(61)64-51(41)50)42(23-25-57)33-62-3)63-49(59)31-43-29-39(17-21-46(43)45)38-14-9-12-37(28-38)26-35-10-5-4-6-11-35/h4-6,9-12,14,16-18,20-22,27-28,30,39,42-43,46,52-53,57-58H,13,15,19,23-26,29,31-33H2,1-3H3. The fourth-order valence-electron chi connectivity index (χ4n) is 10.4. The average Bonchev–Trinajstić information content (AvgIpc) is 3.31. The van der Waals surface area contributed by atoms with Crippen molar-refractivity contribution in [3.63, 3.8) is 0 Å². The molecule has 0 amide bonds. The minimum absolute atomic E-state index is 0.0303. The smallest absolute Gasteiger partial charge is 0.339 e. The quantitative estimate of drug-likeness (QED) is 0.0485. The third kappa shape index (κ3) is 9.13. The molecule has 5 aromatic rings. The summed E-state index contributed by atoms with van der Waals surface area (Å²) >= 11 is 0. The van der Waals surface area contributed by atoms with Gasteiger partial charge in [0.15, 0.2) is 17.8 Å². The molecule has 10 nitrogen and oxygen atoms in total. The van der Waals surface area contributed by atoms with Crippen molar-refractivity contribution in [3.05, 3.63) is 169 Å². The van der Waals surface area contributed by atoms with Crippen molar-refractivity contribution in [1.82, 2.24) is 0 Å².